The lowest BCUT2D eigenvalue weighted by Crippen LogP contribution is -2.21. The van der Waals surface area contributed by atoms with Crippen LogP contribution in [0.5, 0.6) is 5.75 Å². The van der Waals surface area contributed by atoms with Gasteiger partial charge < -0.3 is 10.5 Å². The molecule has 2 aromatic heterocycles. The predicted molar refractivity (Wildman–Crippen MR) is 79.5 cm³/mol. The van der Waals surface area contributed by atoms with Crippen LogP contribution in [0, 0.1) is 11.3 Å². The van der Waals surface area contributed by atoms with Gasteiger partial charge >= 0.3 is 0 Å². The number of nitrogens with two attached hydrogens (primary N) is 1. The number of pyridine rings is 2. The molecule has 2 heterocycles. The number of aromatic nitrogens is 2. The maximum absolute atomic E-state index is 8.97. The van der Waals surface area contributed by atoms with Crippen LogP contribution < -0.4 is 10.5 Å². The van der Waals surface area contributed by atoms with Crippen molar-refractivity contribution in [1.29, 1.82) is 5.26 Å². The Bertz CT molecular complexity index is 619. The molecular formula is C16H18N4O. The van der Waals surface area contributed by atoms with Crippen molar-refractivity contribution in [3.05, 3.63) is 53.6 Å². The van der Waals surface area contributed by atoms with Crippen molar-refractivity contribution >= 4 is 0 Å². The Kier molecular flexibility index (Phi) is 5.24. The first-order valence-corrected chi connectivity index (χ1v) is 6.90. The summed E-state index contributed by atoms with van der Waals surface area (Å²) in [4.78, 5) is 8.33. The van der Waals surface area contributed by atoms with Gasteiger partial charge in [-0.25, -0.2) is 4.98 Å². The zero-order valence-electron chi connectivity index (χ0n) is 12.0. The summed E-state index contributed by atoms with van der Waals surface area (Å²) in [7, 11) is 0. The first kappa shape index (κ1) is 14.9. The summed E-state index contributed by atoms with van der Waals surface area (Å²) in [5.74, 6) is 0.663. The average molecular weight is 282 g/mol. The smallest absolute Gasteiger partial charge is 0.147 e. The Morgan fingerprint density at radius 3 is 2.86 bits per heavy atom. The average Bonchev–Trinajstić information content (AvgIpc) is 2.54. The number of hydrogen-bond acceptors (Lipinski definition) is 5. The molecule has 0 saturated heterocycles. The molecule has 0 aliphatic rings. The lowest BCUT2D eigenvalue weighted by molar-refractivity contribution is 0.304. The van der Waals surface area contributed by atoms with Gasteiger partial charge in [0.15, 0.2) is 0 Å². The summed E-state index contributed by atoms with van der Waals surface area (Å²) in [5, 5.41) is 8.97. The van der Waals surface area contributed by atoms with Crippen molar-refractivity contribution in [2.75, 3.05) is 0 Å². The van der Waals surface area contributed by atoms with Gasteiger partial charge in [-0.1, -0.05) is 13.0 Å². The van der Waals surface area contributed by atoms with E-state index in [1.165, 1.54) is 0 Å². The van der Waals surface area contributed by atoms with Gasteiger partial charge in [0, 0.05) is 29.9 Å². The molecule has 0 radical (unpaired) electrons. The first-order valence-electron chi connectivity index (χ1n) is 6.90. The molecule has 0 aliphatic carbocycles. The molecule has 5 nitrogen and oxygen atoms in total. The minimum atomic E-state index is 0.137. The van der Waals surface area contributed by atoms with Gasteiger partial charge in [0.1, 0.15) is 24.1 Å². The van der Waals surface area contributed by atoms with Crippen LogP contribution in [0.2, 0.25) is 0 Å². The van der Waals surface area contributed by atoms with Crippen LogP contribution in [-0.4, -0.2) is 16.0 Å². The third-order valence-electron chi connectivity index (χ3n) is 3.18. The Morgan fingerprint density at radius 1 is 1.33 bits per heavy atom. The molecule has 5 heteroatoms. The summed E-state index contributed by atoms with van der Waals surface area (Å²) in [5.41, 5.74) is 8.00. The van der Waals surface area contributed by atoms with Crippen LogP contribution in [0.3, 0.4) is 0 Å². The van der Waals surface area contributed by atoms with Crippen molar-refractivity contribution < 1.29 is 4.74 Å². The van der Waals surface area contributed by atoms with E-state index in [4.69, 9.17) is 15.7 Å². The molecule has 2 N–H and O–H groups in total. The van der Waals surface area contributed by atoms with Crippen LogP contribution in [0.15, 0.2) is 36.7 Å². The molecule has 0 fully saturated rings. The summed E-state index contributed by atoms with van der Waals surface area (Å²) >= 11 is 0. The molecular weight excluding hydrogens is 264 g/mol. The van der Waals surface area contributed by atoms with Crippen LogP contribution in [-0.2, 0) is 13.0 Å². The van der Waals surface area contributed by atoms with Crippen molar-refractivity contribution in [1.82, 2.24) is 9.97 Å². The van der Waals surface area contributed by atoms with Gasteiger partial charge in [0.05, 0.1) is 6.20 Å². The highest BCUT2D eigenvalue weighted by atomic mass is 16.5. The highest BCUT2D eigenvalue weighted by Gasteiger charge is 2.05. The molecule has 0 bridgehead atoms. The zero-order valence-corrected chi connectivity index (χ0v) is 12.0. The molecule has 0 aromatic carbocycles. The molecule has 1 atom stereocenters. The monoisotopic (exact) mass is 282 g/mol. The minimum Gasteiger partial charge on any atom is -0.487 e. The number of hydrogen-bond donors (Lipinski definition) is 1. The van der Waals surface area contributed by atoms with E-state index in [2.05, 4.69) is 16.9 Å². The van der Waals surface area contributed by atoms with E-state index in [1.54, 1.807) is 18.5 Å². The van der Waals surface area contributed by atoms with Crippen molar-refractivity contribution in [3.8, 4) is 11.8 Å². The third kappa shape index (κ3) is 4.26. The maximum atomic E-state index is 8.97. The van der Waals surface area contributed by atoms with Gasteiger partial charge in [-0.3, -0.25) is 4.98 Å². The molecule has 2 aromatic rings. The van der Waals surface area contributed by atoms with Crippen LogP contribution in [0.25, 0.3) is 0 Å². The lowest BCUT2D eigenvalue weighted by atomic mass is 10.1. The molecule has 0 amide bonds. The Balaban J connectivity index is 1.96. The van der Waals surface area contributed by atoms with E-state index in [0.29, 0.717) is 18.1 Å². The van der Waals surface area contributed by atoms with Crippen LogP contribution in [0.1, 0.15) is 30.3 Å². The molecule has 21 heavy (non-hydrogen) atoms. The van der Waals surface area contributed by atoms with Gasteiger partial charge in [-0.05, 0) is 24.6 Å². The minimum absolute atomic E-state index is 0.137. The number of rotatable bonds is 6. The molecule has 108 valence electrons. The summed E-state index contributed by atoms with van der Waals surface area (Å²) in [6.07, 6.45) is 4.96. The second-order valence-corrected chi connectivity index (χ2v) is 4.77. The van der Waals surface area contributed by atoms with Gasteiger partial charge in [-0.2, -0.15) is 5.26 Å². The zero-order chi connectivity index (χ0) is 15.1. The summed E-state index contributed by atoms with van der Waals surface area (Å²) < 4.78 is 5.64. The fourth-order valence-electron chi connectivity index (χ4n) is 1.85. The number of nitrogens with zero attached hydrogens (tertiary/aromatic N) is 3. The molecule has 0 aliphatic heterocycles. The van der Waals surface area contributed by atoms with E-state index in [-0.39, 0.29) is 6.04 Å². The second kappa shape index (κ2) is 7.36. The third-order valence-corrected chi connectivity index (χ3v) is 3.18. The highest BCUT2D eigenvalue weighted by molar-refractivity contribution is 5.30. The molecule has 0 spiro atoms. The lowest BCUT2D eigenvalue weighted by Gasteiger charge is -2.09. The van der Waals surface area contributed by atoms with Crippen molar-refractivity contribution in [2.24, 2.45) is 5.73 Å². The first-order chi connectivity index (χ1) is 10.2. The summed E-state index contributed by atoms with van der Waals surface area (Å²) in [6.45, 7) is 2.36. The van der Waals surface area contributed by atoms with E-state index in [0.717, 1.165) is 24.1 Å². The molecule has 0 saturated carbocycles. The van der Waals surface area contributed by atoms with Crippen LogP contribution >= 0.6 is 0 Å². The van der Waals surface area contributed by atoms with Crippen molar-refractivity contribution in [3.63, 3.8) is 0 Å². The Labute approximate surface area is 124 Å². The Morgan fingerprint density at radius 2 is 2.19 bits per heavy atom. The van der Waals surface area contributed by atoms with Gasteiger partial charge in [0.2, 0.25) is 0 Å². The fraction of sp³-hybridized carbons (Fsp3) is 0.312. The molecule has 2 rings (SSSR count). The number of nitriles is 1. The molecule has 1 unspecified atom stereocenters. The van der Waals surface area contributed by atoms with E-state index in [1.807, 2.05) is 24.3 Å². The van der Waals surface area contributed by atoms with Crippen LogP contribution in [0.4, 0.5) is 0 Å². The fourth-order valence-corrected chi connectivity index (χ4v) is 1.85. The normalized spacial score (nSPS) is 11.7. The largest absolute Gasteiger partial charge is 0.487 e. The van der Waals surface area contributed by atoms with E-state index < -0.39 is 0 Å². The summed E-state index contributed by atoms with van der Waals surface area (Å²) in [6, 6.07) is 9.58. The topological polar surface area (TPSA) is 84.8 Å². The van der Waals surface area contributed by atoms with Crippen molar-refractivity contribution in [2.45, 2.75) is 32.4 Å². The second-order valence-electron chi connectivity index (χ2n) is 4.77. The quantitative estimate of drug-likeness (QED) is 0.878. The SMILES string of the molecule is CCC(N)Cc1ccc(OCc2cccnc2C#N)cn1. The Hall–Kier alpha value is -2.45. The standard InChI is InChI=1S/C16H18N4O/c1-2-13(18)8-14-5-6-15(10-20-14)21-11-12-4-3-7-19-16(12)9-17/h3-7,10,13H,2,8,11,18H2,1H3. The number of ether oxygens (including phenoxy) is 1. The highest BCUT2D eigenvalue weighted by Crippen LogP contribution is 2.14. The van der Waals surface area contributed by atoms with E-state index in [9.17, 15) is 0 Å². The van der Waals surface area contributed by atoms with E-state index >= 15 is 0 Å². The van der Waals surface area contributed by atoms with Gasteiger partial charge in [0.25, 0.3) is 0 Å². The maximum Gasteiger partial charge on any atom is 0.147 e. The van der Waals surface area contributed by atoms with Gasteiger partial charge in [-0.15, -0.1) is 0 Å². The predicted octanol–water partition coefficient (Wildman–Crippen LogP) is 2.21.